The third kappa shape index (κ3) is 73.8. The Bertz CT molecular complexity index is 2410. The molecule has 5 unspecified atom stereocenters. The number of allylic oxidation sites excluding steroid dienone is 20. The van der Waals surface area contributed by atoms with Gasteiger partial charge in [-0.05, 0) is 122 Å². The maximum absolute atomic E-state index is 13.1. The molecule has 0 saturated heterocycles. The van der Waals surface area contributed by atoms with E-state index in [1.807, 2.05) is 18.2 Å². The molecule has 0 spiro atoms. The molecule has 102 heavy (non-hydrogen) atoms. The molecule has 0 aromatic rings. The number of phosphoric ester groups is 2. The fraction of sp³-hybridized carbons (Fsp3) is 0.711. The molecule has 3 N–H and O–H groups in total. The van der Waals surface area contributed by atoms with Gasteiger partial charge in [0.2, 0.25) is 0 Å². The fourth-order valence-electron chi connectivity index (χ4n) is 10.4. The van der Waals surface area contributed by atoms with Gasteiger partial charge in [-0.3, -0.25) is 37.3 Å². The highest BCUT2D eigenvalue weighted by Crippen LogP contribution is 2.45. The largest absolute Gasteiger partial charge is 0.472 e. The molecule has 0 bridgehead atoms. The minimum atomic E-state index is -4.99. The van der Waals surface area contributed by atoms with Crippen molar-refractivity contribution in [2.24, 2.45) is 0 Å². The quantitative estimate of drug-likeness (QED) is 0.0169. The van der Waals surface area contributed by atoms with Crippen molar-refractivity contribution < 1.29 is 80.2 Å². The number of esters is 4. The summed E-state index contributed by atoms with van der Waals surface area (Å²) in [4.78, 5) is 72.9. The number of unbranched alkanes of at least 4 members (excludes halogenated alkanes) is 28. The number of hydrogen-bond donors (Lipinski definition) is 3. The summed E-state index contributed by atoms with van der Waals surface area (Å²) in [6.07, 6.45) is 82.0. The monoisotopic (exact) mass is 1470 g/mol. The predicted octanol–water partition coefficient (Wildman–Crippen LogP) is 23.1. The van der Waals surface area contributed by atoms with Gasteiger partial charge in [0.25, 0.3) is 0 Å². The highest BCUT2D eigenvalue weighted by atomic mass is 31.2. The van der Waals surface area contributed by atoms with Gasteiger partial charge in [0, 0.05) is 25.7 Å². The molecule has 0 amide bonds. The lowest BCUT2D eigenvalue weighted by Crippen LogP contribution is -2.30. The molecule has 17 nitrogen and oxygen atoms in total. The predicted molar refractivity (Wildman–Crippen MR) is 418 cm³/mol. The van der Waals surface area contributed by atoms with E-state index >= 15 is 0 Å². The number of carbonyl (C=O) groups excluding carboxylic acids is 4. The van der Waals surface area contributed by atoms with Crippen LogP contribution in [0.1, 0.15) is 323 Å². The molecule has 0 aliphatic rings. The Morgan fingerprint density at radius 1 is 0.284 bits per heavy atom. The summed E-state index contributed by atoms with van der Waals surface area (Å²) in [5.74, 6) is -2.28. The second-order valence-electron chi connectivity index (χ2n) is 26.2. The third-order valence-corrected chi connectivity index (χ3v) is 18.3. The van der Waals surface area contributed by atoms with E-state index in [0.717, 1.165) is 161 Å². The van der Waals surface area contributed by atoms with Crippen molar-refractivity contribution in [3.05, 3.63) is 122 Å². The minimum Gasteiger partial charge on any atom is -0.462 e. The van der Waals surface area contributed by atoms with Crippen molar-refractivity contribution in [1.82, 2.24) is 0 Å². The molecular weight excluding hydrogens is 1330 g/mol. The molecule has 0 aliphatic carbocycles. The van der Waals surface area contributed by atoms with E-state index in [4.69, 9.17) is 37.0 Å². The van der Waals surface area contributed by atoms with E-state index in [0.29, 0.717) is 32.1 Å². The van der Waals surface area contributed by atoms with Gasteiger partial charge in [0.05, 0.1) is 26.4 Å². The van der Waals surface area contributed by atoms with Crippen molar-refractivity contribution in [1.29, 1.82) is 0 Å². The molecule has 0 aliphatic heterocycles. The van der Waals surface area contributed by atoms with Crippen molar-refractivity contribution in [2.75, 3.05) is 39.6 Å². The van der Waals surface area contributed by atoms with E-state index in [9.17, 15) is 43.2 Å². The van der Waals surface area contributed by atoms with Gasteiger partial charge in [-0.15, -0.1) is 0 Å². The summed E-state index contributed by atoms with van der Waals surface area (Å²) in [5.41, 5.74) is 0. The summed E-state index contributed by atoms with van der Waals surface area (Å²) in [6.45, 7) is 4.56. The summed E-state index contributed by atoms with van der Waals surface area (Å²) in [5, 5.41) is 10.6. The average molecular weight is 1470 g/mol. The van der Waals surface area contributed by atoms with Gasteiger partial charge in [0.1, 0.15) is 19.3 Å². The van der Waals surface area contributed by atoms with Crippen LogP contribution in [0.5, 0.6) is 0 Å². The SMILES string of the molecule is CC/C=C\C/C=C\C/C=C\C/C=C\C/C=C\C/C=C\CCC(=O)OCC(COP(=O)(O)OCC(O)COP(=O)(O)OCC(COC(=O)CCCCCCCCC/C=C\C/C=C\C/C=C\CC)OC(=O)CCCCCCCCCCCCC)OC(=O)CCCCCCC/C=C\CCCCCCCC. The number of aliphatic hydroxyl groups excluding tert-OH is 1. The summed E-state index contributed by atoms with van der Waals surface area (Å²) in [7, 11) is -9.97. The first-order valence-electron chi connectivity index (χ1n) is 39.8. The number of carbonyl (C=O) groups is 4. The molecule has 0 saturated carbocycles. The maximum Gasteiger partial charge on any atom is 0.472 e. The van der Waals surface area contributed by atoms with Gasteiger partial charge in [-0.2, -0.15) is 0 Å². The van der Waals surface area contributed by atoms with Crippen molar-refractivity contribution in [3.63, 3.8) is 0 Å². The second-order valence-corrected chi connectivity index (χ2v) is 29.2. The summed E-state index contributed by atoms with van der Waals surface area (Å²) in [6, 6.07) is 0. The standard InChI is InChI=1S/C83H142O17P2/c1-5-9-13-17-21-25-29-32-35-37-38-40-43-45-49-52-56-60-64-68-81(86)94-74-79(100-83(88)70-66-62-58-54-50-46-41-34-31-27-23-19-15-11-7-3)76-98-102(91,92)96-72-77(84)71-95-101(89,90)97-75-78(99-82(87)69-65-61-57-53-47-28-24-20-16-12-8-4)73-93-80(85)67-63-59-55-51-48-44-42-39-36-33-30-26-22-18-14-10-6-2/h9-10,13-14,21-22,25-26,32-36,38,40-41,45,49,56,60,77-79,84H,5-8,11-12,15-20,23-24,27-31,37,39,42-44,46-48,50-55,57-59,61-76H2,1-4H3,(H,89,90)(H,91,92)/b13-9-,14-10-,25-21-,26-22-,35-32-,36-33-,40-38-,41-34-,49-45-,60-56-. The van der Waals surface area contributed by atoms with Crippen LogP contribution in [0, 0.1) is 0 Å². The zero-order chi connectivity index (χ0) is 74.6. The topological polar surface area (TPSA) is 237 Å². The minimum absolute atomic E-state index is 0.0336. The Morgan fingerprint density at radius 3 is 0.853 bits per heavy atom. The van der Waals surface area contributed by atoms with Crippen LogP contribution >= 0.6 is 15.6 Å². The van der Waals surface area contributed by atoms with Gasteiger partial charge >= 0.3 is 39.5 Å². The summed E-state index contributed by atoms with van der Waals surface area (Å²) >= 11 is 0. The first-order valence-corrected chi connectivity index (χ1v) is 42.8. The molecule has 586 valence electrons. The molecule has 0 rings (SSSR count). The van der Waals surface area contributed by atoms with Gasteiger partial charge in [-0.1, -0.05) is 297 Å². The van der Waals surface area contributed by atoms with Crippen LogP contribution in [0.15, 0.2) is 122 Å². The summed E-state index contributed by atoms with van der Waals surface area (Å²) < 4.78 is 68.5. The van der Waals surface area contributed by atoms with Crippen LogP contribution in [0.4, 0.5) is 0 Å². The zero-order valence-corrected chi connectivity index (χ0v) is 65.8. The second kappa shape index (κ2) is 74.7. The van der Waals surface area contributed by atoms with E-state index in [1.54, 1.807) is 0 Å². The number of hydrogen-bond acceptors (Lipinski definition) is 15. The van der Waals surface area contributed by atoms with E-state index in [-0.39, 0.29) is 25.7 Å². The van der Waals surface area contributed by atoms with Crippen LogP contribution in [-0.4, -0.2) is 96.7 Å². The lowest BCUT2D eigenvalue weighted by atomic mass is 10.1. The Kier molecular flexibility index (Phi) is 71.4. The van der Waals surface area contributed by atoms with Crippen LogP contribution in [0.25, 0.3) is 0 Å². The first-order chi connectivity index (χ1) is 49.7. The maximum atomic E-state index is 13.1. The lowest BCUT2D eigenvalue weighted by molar-refractivity contribution is -0.161. The van der Waals surface area contributed by atoms with Crippen LogP contribution < -0.4 is 0 Å². The Hall–Kier alpha value is -4.54. The molecule has 0 heterocycles. The Labute approximate surface area is 619 Å². The van der Waals surface area contributed by atoms with E-state index < -0.39 is 97.5 Å². The highest BCUT2D eigenvalue weighted by molar-refractivity contribution is 7.47. The van der Waals surface area contributed by atoms with Crippen LogP contribution in [0.3, 0.4) is 0 Å². The van der Waals surface area contributed by atoms with Crippen molar-refractivity contribution in [3.8, 4) is 0 Å². The van der Waals surface area contributed by atoms with Crippen LogP contribution in [-0.2, 0) is 65.4 Å². The van der Waals surface area contributed by atoms with E-state index in [1.165, 1.54) is 77.0 Å². The van der Waals surface area contributed by atoms with Crippen molar-refractivity contribution >= 4 is 39.5 Å². The number of rotatable bonds is 74. The zero-order valence-electron chi connectivity index (χ0n) is 64.0. The van der Waals surface area contributed by atoms with Gasteiger partial charge in [0.15, 0.2) is 12.2 Å². The molecule has 5 atom stereocenters. The van der Waals surface area contributed by atoms with Crippen LogP contribution in [0.2, 0.25) is 0 Å². The molecular formula is C83H142O17P2. The fourth-order valence-corrected chi connectivity index (χ4v) is 12.0. The van der Waals surface area contributed by atoms with Gasteiger partial charge in [-0.25, -0.2) is 9.13 Å². The molecule has 0 aromatic carbocycles. The molecule has 0 radical (unpaired) electrons. The third-order valence-electron chi connectivity index (χ3n) is 16.4. The Morgan fingerprint density at radius 2 is 0.529 bits per heavy atom. The molecule has 0 fully saturated rings. The normalized spacial score (nSPS) is 14.5. The average Bonchev–Trinajstić information content (AvgIpc) is 0.939. The van der Waals surface area contributed by atoms with E-state index in [2.05, 4.69) is 131 Å². The Balaban J connectivity index is 5.39. The lowest BCUT2D eigenvalue weighted by Gasteiger charge is -2.21. The van der Waals surface area contributed by atoms with Gasteiger partial charge < -0.3 is 33.8 Å². The smallest absolute Gasteiger partial charge is 0.462 e. The number of ether oxygens (including phenoxy) is 4. The first kappa shape index (κ1) is 97.5. The molecule has 19 heteroatoms. The number of aliphatic hydroxyl groups is 1. The van der Waals surface area contributed by atoms with Crippen molar-refractivity contribution in [2.45, 2.75) is 341 Å². The highest BCUT2D eigenvalue weighted by Gasteiger charge is 2.30. The number of phosphoric acid groups is 2. The molecule has 0 aromatic heterocycles.